The van der Waals surface area contributed by atoms with E-state index in [9.17, 15) is 0 Å². The third kappa shape index (κ3) is 2.24. The van der Waals surface area contributed by atoms with Crippen LogP contribution in [0.2, 0.25) is 0 Å². The van der Waals surface area contributed by atoms with E-state index in [0.717, 1.165) is 49.0 Å². The average molecular weight is 295 g/mol. The minimum atomic E-state index is 0.817. The molecule has 0 bridgehead atoms. The molecule has 7 heteroatoms. The summed E-state index contributed by atoms with van der Waals surface area (Å²) in [6.07, 6.45) is 3.49. The van der Waals surface area contributed by atoms with E-state index >= 15 is 0 Å². The molecule has 0 saturated carbocycles. The fourth-order valence-electron chi connectivity index (χ4n) is 2.88. The molecule has 0 spiro atoms. The highest BCUT2D eigenvalue weighted by molar-refractivity contribution is 5.68. The van der Waals surface area contributed by atoms with Crippen molar-refractivity contribution in [2.75, 3.05) is 36.0 Å². The van der Waals surface area contributed by atoms with Gasteiger partial charge in [-0.1, -0.05) is 6.07 Å². The Morgan fingerprint density at radius 3 is 2.64 bits per heavy atom. The topological polar surface area (TPSA) is 62.5 Å². The zero-order valence-corrected chi connectivity index (χ0v) is 12.4. The SMILES string of the molecule is Cc1cc(N2CCN(c3ccccn3)CC2)c2nncn2n1. The molecule has 0 N–H and O–H groups in total. The van der Waals surface area contributed by atoms with E-state index in [-0.39, 0.29) is 0 Å². The number of hydrogen-bond donors (Lipinski definition) is 0. The van der Waals surface area contributed by atoms with Crippen LogP contribution in [0.5, 0.6) is 0 Å². The predicted molar refractivity (Wildman–Crippen MR) is 84.2 cm³/mol. The summed E-state index contributed by atoms with van der Waals surface area (Å²) in [5.74, 6) is 1.04. The van der Waals surface area contributed by atoms with Crippen LogP contribution in [0.4, 0.5) is 11.5 Å². The van der Waals surface area contributed by atoms with Crippen LogP contribution in [0.15, 0.2) is 36.8 Å². The van der Waals surface area contributed by atoms with Gasteiger partial charge in [0.05, 0.1) is 11.4 Å². The van der Waals surface area contributed by atoms with E-state index < -0.39 is 0 Å². The third-order valence-corrected chi connectivity index (χ3v) is 3.96. The first kappa shape index (κ1) is 13.0. The summed E-state index contributed by atoms with van der Waals surface area (Å²) in [5, 5.41) is 12.6. The maximum atomic E-state index is 4.43. The minimum Gasteiger partial charge on any atom is -0.365 e. The van der Waals surface area contributed by atoms with E-state index in [4.69, 9.17) is 0 Å². The summed E-state index contributed by atoms with van der Waals surface area (Å²) in [5.41, 5.74) is 2.89. The molecule has 7 nitrogen and oxygen atoms in total. The van der Waals surface area contributed by atoms with E-state index in [2.05, 4.69) is 42.2 Å². The minimum absolute atomic E-state index is 0.817. The Balaban J connectivity index is 1.57. The molecule has 4 rings (SSSR count). The molecule has 1 fully saturated rings. The van der Waals surface area contributed by atoms with Gasteiger partial charge in [-0.2, -0.15) is 9.61 Å². The molecule has 4 heterocycles. The Bertz CT molecular complexity index is 775. The number of piperazine rings is 1. The summed E-state index contributed by atoms with van der Waals surface area (Å²) < 4.78 is 1.75. The number of anilines is 2. The maximum Gasteiger partial charge on any atom is 0.200 e. The van der Waals surface area contributed by atoms with E-state index in [1.54, 1.807) is 10.8 Å². The number of pyridine rings is 1. The summed E-state index contributed by atoms with van der Waals surface area (Å²) in [6, 6.07) is 8.12. The van der Waals surface area contributed by atoms with Gasteiger partial charge in [0, 0.05) is 32.4 Å². The molecule has 1 saturated heterocycles. The summed E-state index contributed by atoms with van der Waals surface area (Å²) in [4.78, 5) is 9.08. The van der Waals surface area contributed by atoms with Gasteiger partial charge >= 0.3 is 0 Å². The second-order valence-corrected chi connectivity index (χ2v) is 5.43. The highest BCUT2D eigenvalue weighted by Gasteiger charge is 2.21. The highest BCUT2D eigenvalue weighted by atomic mass is 15.4. The molecule has 0 amide bonds. The Labute approximate surface area is 128 Å². The fraction of sp³-hybridized carbons (Fsp3) is 0.333. The Kier molecular flexibility index (Phi) is 3.10. The lowest BCUT2D eigenvalue weighted by Gasteiger charge is -2.36. The van der Waals surface area contributed by atoms with Crippen molar-refractivity contribution in [2.24, 2.45) is 0 Å². The van der Waals surface area contributed by atoms with Gasteiger partial charge in [-0.05, 0) is 25.1 Å². The number of hydrogen-bond acceptors (Lipinski definition) is 6. The monoisotopic (exact) mass is 295 g/mol. The van der Waals surface area contributed by atoms with Gasteiger partial charge in [0.2, 0.25) is 5.65 Å². The number of fused-ring (bicyclic) bond motifs is 1. The molecule has 0 aromatic carbocycles. The van der Waals surface area contributed by atoms with Crippen molar-refractivity contribution >= 4 is 17.2 Å². The largest absolute Gasteiger partial charge is 0.365 e. The fourth-order valence-corrected chi connectivity index (χ4v) is 2.88. The average Bonchev–Trinajstić information content (AvgIpc) is 3.03. The van der Waals surface area contributed by atoms with Gasteiger partial charge in [0.25, 0.3) is 0 Å². The second kappa shape index (κ2) is 5.25. The molecule has 1 aliphatic rings. The van der Waals surface area contributed by atoms with Gasteiger partial charge in [0.1, 0.15) is 12.1 Å². The second-order valence-electron chi connectivity index (χ2n) is 5.43. The molecule has 0 atom stereocenters. The van der Waals surface area contributed by atoms with Crippen molar-refractivity contribution in [3.05, 3.63) is 42.5 Å². The molecular weight excluding hydrogens is 278 g/mol. The van der Waals surface area contributed by atoms with Gasteiger partial charge in [-0.3, -0.25) is 0 Å². The van der Waals surface area contributed by atoms with Crippen LogP contribution in [0.1, 0.15) is 5.69 Å². The van der Waals surface area contributed by atoms with Gasteiger partial charge in [-0.25, -0.2) is 4.98 Å². The van der Waals surface area contributed by atoms with Crippen LogP contribution in [-0.4, -0.2) is 51.0 Å². The van der Waals surface area contributed by atoms with E-state index in [0.29, 0.717) is 0 Å². The molecule has 22 heavy (non-hydrogen) atoms. The zero-order chi connectivity index (χ0) is 14.9. The van der Waals surface area contributed by atoms with Crippen molar-refractivity contribution in [3.8, 4) is 0 Å². The molecule has 0 unspecified atom stereocenters. The zero-order valence-electron chi connectivity index (χ0n) is 12.4. The third-order valence-electron chi connectivity index (χ3n) is 3.96. The molecule has 112 valence electrons. The first-order valence-electron chi connectivity index (χ1n) is 7.40. The predicted octanol–water partition coefficient (Wildman–Crippen LogP) is 1.15. The lowest BCUT2D eigenvalue weighted by molar-refractivity contribution is 0.646. The van der Waals surface area contributed by atoms with Gasteiger partial charge < -0.3 is 9.80 Å². The van der Waals surface area contributed by atoms with Crippen LogP contribution in [0.3, 0.4) is 0 Å². The molecule has 1 aliphatic heterocycles. The normalized spacial score (nSPS) is 15.5. The molecule has 3 aromatic heterocycles. The molecule has 0 aliphatic carbocycles. The Hall–Kier alpha value is -2.70. The van der Waals surface area contributed by atoms with Gasteiger partial charge in [-0.15, -0.1) is 10.2 Å². The quantitative estimate of drug-likeness (QED) is 0.707. The number of rotatable bonds is 2. The summed E-state index contributed by atoms with van der Waals surface area (Å²) in [7, 11) is 0. The Morgan fingerprint density at radius 2 is 1.86 bits per heavy atom. The summed E-state index contributed by atoms with van der Waals surface area (Å²) in [6.45, 7) is 5.75. The smallest absolute Gasteiger partial charge is 0.200 e. The van der Waals surface area contributed by atoms with Gasteiger partial charge in [0.15, 0.2) is 0 Å². The highest BCUT2D eigenvalue weighted by Crippen LogP contribution is 2.22. The lowest BCUT2D eigenvalue weighted by Crippen LogP contribution is -2.47. The Morgan fingerprint density at radius 1 is 1.05 bits per heavy atom. The van der Waals surface area contributed by atoms with Crippen LogP contribution in [0, 0.1) is 6.92 Å². The van der Waals surface area contributed by atoms with Crippen LogP contribution >= 0.6 is 0 Å². The van der Waals surface area contributed by atoms with Crippen molar-refractivity contribution in [1.82, 2.24) is 24.8 Å². The number of aromatic nitrogens is 5. The van der Waals surface area contributed by atoms with Crippen molar-refractivity contribution in [2.45, 2.75) is 6.92 Å². The van der Waals surface area contributed by atoms with Crippen LogP contribution in [-0.2, 0) is 0 Å². The summed E-state index contributed by atoms with van der Waals surface area (Å²) >= 11 is 0. The maximum absolute atomic E-state index is 4.43. The standard InChI is InChI=1S/C15H17N7/c1-12-10-13(15-18-17-11-22(15)19-12)20-6-8-21(9-7-20)14-4-2-3-5-16-14/h2-5,10-11H,6-9H2,1H3. The van der Waals surface area contributed by atoms with Crippen molar-refractivity contribution in [1.29, 1.82) is 0 Å². The van der Waals surface area contributed by atoms with Crippen molar-refractivity contribution in [3.63, 3.8) is 0 Å². The van der Waals surface area contributed by atoms with Crippen molar-refractivity contribution < 1.29 is 0 Å². The van der Waals surface area contributed by atoms with Crippen LogP contribution < -0.4 is 9.80 Å². The molecule has 3 aromatic rings. The first-order valence-corrected chi connectivity index (χ1v) is 7.40. The molecule has 0 radical (unpaired) electrons. The van der Waals surface area contributed by atoms with E-state index in [1.165, 1.54) is 0 Å². The first-order chi connectivity index (χ1) is 10.8. The number of nitrogens with zero attached hydrogens (tertiary/aromatic N) is 7. The van der Waals surface area contributed by atoms with Crippen LogP contribution in [0.25, 0.3) is 5.65 Å². The number of aryl methyl sites for hydroxylation is 1. The van der Waals surface area contributed by atoms with E-state index in [1.807, 2.05) is 25.3 Å². The lowest BCUT2D eigenvalue weighted by atomic mass is 10.2. The molecular formula is C15H17N7.